The van der Waals surface area contributed by atoms with Crippen molar-refractivity contribution in [2.45, 2.75) is 32.2 Å². The van der Waals surface area contributed by atoms with Crippen LogP contribution in [0.4, 0.5) is 10.1 Å². The van der Waals surface area contributed by atoms with Gasteiger partial charge in [-0.3, -0.25) is 10.1 Å². The quantitative estimate of drug-likeness (QED) is 0.665. The standard InChI is InChI=1S/C14H19FN2O4/c1-14(2)9-16-6-12(21-14)8-20-7-10-5-11(15)3-4-13(10)17(18)19/h3-5,12,16H,6-9H2,1-2H3. The van der Waals surface area contributed by atoms with E-state index in [2.05, 4.69) is 5.32 Å². The Bertz CT molecular complexity index is 522. The average molecular weight is 298 g/mol. The van der Waals surface area contributed by atoms with Gasteiger partial charge in [-0.1, -0.05) is 0 Å². The lowest BCUT2D eigenvalue weighted by molar-refractivity contribution is -0.386. The zero-order chi connectivity index (χ0) is 15.5. The van der Waals surface area contributed by atoms with Gasteiger partial charge in [-0.2, -0.15) is 0 Å². The largest absolute Gasteiger partial charge is 0.374 e. The lowest BCUT2D eigenvalue weighted by Crippen LogP contribution is -2.51. The summed E-state index contributed by atoms with van der Waals surface area (Å²) in [6.45, 7) is 5.65. The number of rotatable bonds is 5. The van der Waals surface area contributed by atoms with Crippen molar-refractivity contribution in [1.82, 2.24) is 5.32 Å². The van der Waals surface area contributed by atoms with E-state index in [1.165, 1.54) is 0 Å². The third-order valence-electron chi connectivity index (χ3n) is 3.21. The van der Waals surface area contributed by atoms with Crippen molar-refractivity contribution in [2.24, 2.45) is 0 Å². The summed E-state index contributed by atoms with van der Waals surface area (Å²) in [7, 11) is 0. The summed E-state index contributed by atoms with van der Waals surface area (Å²) < 4.78 is 24.5. The Morgan fingerprint density at radius 1 is 1.57 bits per heavy atom. The minimum Gasteiger partial charge on any atom is -0.374 e. The van der Waals surface area contributed by atoms with Crippen LogP contribution in [0.3, 0.4) is 0 Å². The van der Waals surface area contributed by atoms with E-state index in [0.29, 0.717) is 13.2 Å². The zero-order valence-corrected chi connectivity index (χ0v) is 12.1. The Labute approximate surface area is 122 Å². The second-order valence-corrected chi connectivity index (χ2v) is 5.68. The highest BCUT2D eigenvalue weighted by Gasteiger charge is 2.28. The van der Waals surface area contributed by atoms with Crippen LogP contribution in [0.15, 0.2) is 18.2 Å². The summed E-state index contributed by atoms with van der Waals surface area (Å²) in [6.07, 6.45) is -0.124. The molecule has 1 saturated heterocycles. The molecule has 0 aromatic heterocycles. The molecule has 0 radical (unpaired) electrons. The van der Waals surface area contributed by atoms with E-state index in [-0.39, 0.29) is 29.6 Å². The molecule has 6 nitrogen and oxygen atoms in total. The van der Waals surface area contributed by atoms with Crippen molar-refractivity contribution in [2.75, 3.05) is 19.7 Å². The van der Waals surface area contributed by atoms with Gasteiger partial charge in [-0.15, -0.1) is 0 Å². The third-order valence-corrected chi connectivity index (χ3v) is 3.21. The van der Waals surface area contributed by atoms with Gasteiger partial charge in [-0.05, 0) is 26.0 Å². The van der Waals surface area contributed by atoms with Gasteiger partial charge in [0.1, 0.15) is 5.82 Å². The second-order valence-electron chi connectivity index (χ2n) is 5.68. The highest BCUT2D eigenvalue weighted by atomic mass is 19.1. The Balaban J connectivity index is 1.91. The number of hydrogen-bond acceptors (Lipinski definition) is 5. The van der Waals surface area contributed by atoms with Gasteiger partial charge in [0.25, 0.3) is 5.69 Å². The maximum atomic E-state index is 13.2. The average Bonchev–Trinajstić information content (AvgIpc) is 2.37. The predicted octanol–water partition coefficient (Wildman–Crippen LogP) is 2.02. The molecule has 116 valence electrons. The lowest BCUT2D eigenvalue weighted by Gasteiger charge is -2.36. The van der Waals surface area contributed by atoms with E-state index >= 15 is 0 Å². The monoisotopic (exact) mass is 298 g/mol. The number of nitrogens with zero attached hydrogens (tertiary/aromatic N) is 1. The minimum absolute atomic E-state index is 0.0195. The molecule has 0 bridgehead atoms. The Kier molecular flexibility index (Phi) is 4.87. The van der Waals surface area contributed by atoms with E-state index in [1.807, 2.05) is 13.8 Å². The van der Waals surface area contributed by atoms with Crippen molar-refractivity contribution in [3.8, 4) is 0 Å². The Morgan fingerprint density at radius 2 is 2.33 bits per heavy atom. The molecule has 1 fully saturated rings. The molecule has 0 saturated carbocycles. The van der Waals surface area contributed by atoms with Crippen molar-refractivity contribution >= 4 is 5.69 Å². The van der Waals surface area contributed by atoms with Gasteiger partial charge in [-0.25, -0.2) is 4.39 Å². The maximum absolute atomic E-state index is 13.2. The van der Waals surface area contributed by atoms with Crippen LogP contribution in [0.1, 0.15) is 19.4 Å². The van der Waals surface area contributed by atoms with E-state index in [4.69, 9.17) is 9.47 Å². The Hall–Kier alpha value is -1.57. The summed E-state index contributed by atoms with van der Waals surface area (Å²) >= 11 is 0. The van der Waals surface area contributed by atoms with Crippen molar-refractivity contribution in [1.29, 1.82) is 0 Å². The number of nitrogens with one attached hydrogen (secondary N) is 1. The van der Waals surface area contributed by atoms with E-state index in [1.54, 1.807) is 0 Å². The minimum atomic E-state index is -0.542. The number of hydrogen-bond donors (Lipinski definition) is 1. The number of nitro groups is 1. The number of morpholine rings is 1. The molecule has 1 heterocycles. The van der Waals surface area contributed by atoms with Crippen LogP contribution >= 0.6 is 0 Å². The first kappa shape index (κ1) is 15.8. The molecular weight excluding hydrogens is 279 g/mol. The molecule has 2 rings (SSSR count). The van der Waals surface area contributed by atoms with Crippen LogP contribution in [0.2, 0.25) is 0 Å². The van der Waals surface area contributed by atoms with Crippen LogP contribution < -0.4 is 5.32 Å². The highest BCUT2D eigenvalue weighted by molar-refractivity contribution is 5.39. The third kappa shape index (κ3) is 4.45. The molecule has 0 aliphatic carbocycles. The summed E-state index contributed by atoms with van der Waals surface area (Å²) in [4.78, 5) is 10.3. The van der Waals surface area contributed by atoms with Crippen LogP contribution in [0.25, 0.3) is 0 Å². The van der Waals surface area contributed by atoms with Crippen molar-refractivity contribution in [3.05, 3.63) is 39.7 Å². The fourth-order valence-electron chi connectivity index (χ4n) is 2.31. The molecule has 0 amide bonds. The molecule has 1 N–H and O–H groups in total. The SMILES string of the molecule is CC1(C)CNCC(COCc2cc(F)ccc2[N+](=O)[O-])O1. The molecule has 1 aromatic carbocycles. The zero-order valence-electron chi connectivity index (χ0n) is 12.1. The first-order chi connectivity index (χ1) is 9.87. The first-order valence-electron chi connectivity index (χ1n) is 6.76. The number of halogens is 1. The molecule has 1 aliphatic heterocycles. The fraction of sp³-hybridized carbons (Fsp3) is 0.571. The van der Waals surface area contributed by atoms with Gasteiger partial charge >= 0.3 is 0 Å². The van der Waals surface area contributed by atoms with Gasteiger partial charge in [0.15, 0.2) is 0 Å². The summed E-state index contributed by atoms with van der Waals surface area (Å²) in [5.41, 5.74) is -0.181. The molecule has 1 unspecified atom stereocenters. The van der Waals surface area contributed by atoms with Crippen LogP contribution in [-0.4, -0.2) is 36.3 Å². The van der Waals surface area contributed by atoms with Gasteiger partial charge < -0.3 is 14.8 Å². The van der Waals surface area contributed by atoms with E-state index < -0.39 is 10.7 Å². The number of nitro benzene ring substituents is 1. The van der Waals surface area contributed by atoms with Gasteiger partial charge in [0.05, 0.1) is 35.4 Å². The van der Waals surface area contributed by atoms with Crippen LogP contribution in [0.5, 0.6) is 0 Å². The maximum Gasteiger partial charge on any atom is 0.275 e. The van der Waals surface area contributed by atoms with Crippen LogP contribution in [-0.2, 0) is 16.1 Å². The summed E-state index contributed by atoms with van der Waals surface area (Å²) in [6, 6.07) is 3.34. The Morgan fingerprint density at radius 3 is 3.00 bits per heavy atom. The van der Waals surface area contributed by atoms with Crippen molar-refractivity contribution in [3.63, 3.8) is 0 Å². The normalized spacial score (nSPS) is 21.2. The molecule has 1 atom stereocenters. The number of ether oxygens (including phenoxy) is 2. The molecule has 1 aromatic rings. The second kappa shape index (κ2) is 6.46. The predicted molar refractivity (Wildman–Crippen MR) is 74.5 cm³/mol. The van der Waals surface area contributed by atoms with Gasteiger partial charge in [0.2, 0.25) is 0 Å². The van der Waals surface area contributed by atoms with Crippen molar-refractivity contribution < 1.29 is 18.8 Å². The topological polar surface area (TPSA) is 73.6 Å². The van der Waals surface area contributed by atoms with Gasteiger partial charge in [0, 0.05) is 19.2 Å². The molecular formula is C14H19FN2O4. The fourth-order valence-corrected chi connectivity index (χ4v) is 2.31. The van der Waals surface area contributed by atoms with E-state index in [9.17, 15) is 14.5 Å². The highest BCUT2D eigenvalue weighted by Crippen LogP contribution is 2.21. The molecule has 1 aliphatic rings. The smallest absolute Gasteiger partial charge is 0.275 e. The lowest BCUT2D eigenvalue weighted by atomic mass is 10.1. The summed E-state index contributed by atoms with van der Waals surface area (Å²) in [5.74, 6) is -0.518. The van der Waals surface area contributed by atoms with E-state index in [0.717, 1.165) is 24.7 Å². The molecule has 21 heavy (non-hydrogen) atoms. The molecule has 0 spiro atoms. The first-order valence-corrected chi connectivity index (χ1v) is 6.76. The number of benzene rings is 1. The summed E-state index contributed by atoms with van der Waals surface area (Å²) in [5, 5.41) is 14.1. The van der Waals surface area contributed by atoms with Crippen LogP contribution in [0, 0.1) is 15.9 Å². The molecule has 7 heteroatoms.